The van der Waals surface area contributed by atoms with Gasteiger partial charge in [0.15, 0.2) is 0 Å². The number of aliphatic carboxylic acids is 2. The Bertz CT molecular complexity index is 823. The highest BCUT2D eigenvalue weighted by Gasteiger charge is 2.24. The Morgan fingerprint density at radius 2 is 1.40 bits per heavy atom. The largest absolute Gasteiger partial charge is 0.481 e. The van der Waals surface area contributed by atoms with Crippen molar-refractivity contribution in [1.29, 1.82) is 5.41 Å². The van der Waals surface area contributed by atoms with Crippen LogP contribution in [-0.2, 0) is 19.2 Å². The molecule has 1 atom stereocenters. The zero-order valence-electron chi connectivity index (χ0n) is 15.9. The third-order valence-electron chi connectivity index (χ3n) is 3.77. The van der Waals surface area contributed by atoms with Gasteiger partial charge in [0.1, 0.15) is 11.9 Å². The molecule has 30 heavy (non-hydrogen) atoms. The summed E-state index contributed by atoms with van der Waals surface area (Å²) in [6.45, 7) is -0.351. The fourth-order valence-electron chi connectivity index (χ4n) is 2.23. The van der Waals surface area contributed by atoms with E-state index in [4.69, 9.17) is 21.4 Å². The van der Waals surface area contributed by atoms with Crippen molar-refractivity contribution in [2.75, 3.05) is 13.1 Å². The van der Waals surface area contributed by atoms with Gasteiger partial charge in [-0.1, -0.05) is 12.1 Å². The number of amidine groups is 1. The molecule has 0 radical (unpaired) electrons. The van der Waals surface area contributed by atoms with Gasteiger partial charge in [-0.3, -0.25) is 29.4 Å². The molecule has 1 aromatic rings. The van der Waals surface area contributed by atoms with Crippen molar-refractivity contribution in [3.05, 3.63) is 35.4 Å². The second-order valence-electron chi connectivity index (χ2n) is 6.15. The first-order chi connectivity index (χ1) is 14.1. The van der Waals surface area contributed by atoms with Crippen LogP contribution in [0.2, 0.25) is 0 Å². The summed E-state index contributed by atoms with van der Waals surface area (Å²) in [6.07, 6.45) is -1.13. The van der Waals surface area contributed by atoms with Crippen LogP contribution in [0.3, 0.4) is 0 Å². The average Bonchev–Trinajstić information content (AvgIpc) is 2.66. The van der Waals surface area contributed by atoms with Gasteiger partial charge in [-0.05, 0) is 12.1 Å². The highest BCUT2D eigenvalue weighted by atomic mass is 16.4. The van der Waals surface area contributed by atoms with Crippen molar-refractivity contribution >= 4 is 35.5 Å². The first-order valence-electron chi connectivity index (χ1n) is 8.83. The fraction of sp³-hybridized carbons (Fsp3) is 0.333. The van der Waals surface area contributed by atoms with E-state index in [9.17, 15) is 24.0 Å². The molecule has 0 unspecified atom stereocenters. The minimum absolute atomic E-state index is 0.148. The van der Waals surface area contributed by atoms with E-state index >= 15 is 0 Å². The topological polar surface area (TPSA) is 212 Å². The zero-order chi connectivity index (χ0) is 22.7. The summed E-state index contributed by atoms with van der Waals surface area (Å²) in [5, 5.41) is 31.6. The number of nitrogen functional groups attached to an aromatic ring is 1. The summed E-state index contributed by atoms with van der Waals surface area (Å²) in [5.41, 5.74) is 5.89. The Morgan fingerprint density at radius 3 is 1.90 bits per heavy atom. The molecule has 0 aliphatic rings. The maximum atomic E-state index is 12.4. The first-order valence-corrected chi connectivity index (χ1v) is 8.83. The van der Waals surface area contributed by atoms with Crippen LogP contribution in [0.5, 0.6) is 0 Å². The lowest BCUT2D eigenvalue weighted by Gasteiger charge is -2.18. The molecule has 0 bridgehead atoms. The summed E-state index contributed by atoms with van der Waals surface area (Å²) < 4.78 is 0. The molecule has 0 spiro atoms. The van der Waals surface area contributed by atoms with Crippen LogP contribution in [0.1, 0.15) is 35.2 Å². The predicted octanol–water partition coefficient (Wildman–Crippen LogP) is -1.36. The lowest BCUT2D eigenvalue weighted by Crippen LogP contribution is -2.49. The molecular formula is C18H23N5O7. The Morgan fingerprint density at radius 1 is 0.900 bits per heavy atom. The number of amides is 3. The number of carboxylic acids is 2. The molecule has 8 N–H and O–H groups in total. The summed E-state index contributed by atoms with van der Waals surface area (Å²) >= 11 is 0. The molecule has 1 aromatic carbocycles. The molecule has 12 heteroatoms. The SMILES string of the molecule is N=C(N)c1ccc(C(=O)N[C@@H](CC(=O)NCCC(=O)O)C(=O)NCCC(=O)O)cc1. The van der Waals surface area contributed by atoms with Crippen LogP contribution in [-0.4, -0.2) is 64.8 Å². The van der Waals surface area contributed by atoms with E-state index < -0.39 is 42.1 Å². The van der Waals surface area contributed by atoms with Gasteiger partial charge in [-0.25, -0.2) is 0 Å². The van der Waals surface area contributed by atoms with Gasteiger partial charge in [0, 0.05) is 24.2 Å². The lowest BCUT2D eigenvalue weighted by atomic mass is 10.1. The van der Waals surface area contributed by atoms with Gasteiger partial charge in [0.2, 0.25) is 11.8 Å². The molecule has 0 saturated carbocycles. The molecule has 0 aliphatic heterocycles. The van der Waals surface area contributed by atoms with Gasteiger partial charge < -0.3 is 31.9 Å². The number of carbonyl (C=O) groups excluding carboxylic acids is 3. The van der Waals surface area contributed by atoms with E-state index in [1.165, 1.54) is 24.3 Å². The van der Waals surface area contributed by atoms with Crippen LogP contribution in [0.15, 0.2) is 24.3 Å². The molecule has 0 heterocycles. The molecule has 3 amide bonds. The summed E-state index contributed by atoms with van der Waals surface area (Å²) in [5.74, 6) is -4.54. The Kier molecular flexibility index (Phi) is 9.46. The van der Waals surface area contributed by atoms with E-state index in [2.05, 4.69) is 16.0 Å². The van der Waals surface area contributed by atoms with Gasteiger partial charge in [0.05, 0.1) is 19.3 Å². The maximum Gasteiger partial charge on any atom is 0.305 e. The van der Waals surface area contributed by atoms with Crippen molar-refractivity contribution in [2.24, 2.45) is 5.73 Å². The minimum Gasteiger partial charge on any atom is -0.481 e. The van der Waals surface area contributed by atoms with Crippen LogP contribution in [0, 0.1) is 5.41 Å². The number of carboxylic acid groups (broad SMARTS) is 2. The first kappa shape index (κ1) is 24.1. The molecule has 1 rings (SSSR count). The third-order valence-corrected chi connectivity index (χ3v) is 3.77. The molecule has 162 valence electrons. The van der Waals surface area contributed by atoms with Crippen molar-refractivity contribution in [3.63, 3.8) is 0 Å². The van der Waals surface area contributed by atoms with Gasteiger partial charge >= 0.3 is 11.9 Å². The van der Waals surface area contributed by atoms with Crippen molar-refractivity contribution in [2.45, 2.75) is 25.3 Å². The molecule has 12 nitrogen and oxygen atoms in total. The van der Waals surface area contributed by atoms with E-state index in [0.717, 1.165) is 0 Å². The van der Waals surface area contributed by atoms with Crippen LogP contribution < -0.4 is 21.7 Å². The van der Waals surface area contributed by atoms with Gasteiger partial charge in [-0.2, -0.15) is 0 Å². The molecule has 0 fully saturated rings. The number of benzene rings is 1. The molecular weight excluding hydrogens is 398 g/mol. The van der Waals surface area contributed by atoms with Crippen molar-refractivity contribution in [3.8, 4) is 0 Å². The standard InChI is InChI=1S/C18H23N5O7/c19-16(20)10-1-3-11(4-2-10)17(29)23-12(18(30)22-8-6-15(27)28)9-13(24)21-7-5-14(25)26/h1-4,12H,5-9H2,(H3,19,20)(H,21,24)(H,22,30)(H,23,29)(H,25,26)(H,27,28)/t12-/m0/s1. The normalized spacial score (nSPS) is 11.1. The van der Waals surface area contributed by atoms with Gasteiger partial charge in [0.25, 0.3) is 5.91 Å². The van der Waals surface area contributed by atoms with Gasteiger partial charge in [-0.15, -0.1) is 0 Å². The number of rotatable bonds is 12. The smallest absolute Gasteiger partial charge is 0.305 e. The average molecular weight is 421 g/mol. The van der Waals surface area contributed by atoms with Crippen LogP contribution in [0.25, 0.3) is 0 Å². The van der Waals surface area contributed by atoms with Crippen LogP contribution >= 0.6 is 0 Å². The summed E-state index contributed by atoms with van der Waals surface area (Å²) in [7, 11) is 0. The van der Waals surface area contributed by atoms with Crippen LogP contribution in [0.4, 0.5) is 0 Å². The maximum absolute atomic E-state index is 12.4. The molecule has 0 aromatic heterocycles. The van der Waals surface area contributed by atoms with Crippen molar-refractivity contribution in [1.82, 2.24) is 16.0 Å². The Labute approximate surface area is 171 Å². The number of hydrogen-bond acceptors (Lipinski definition) is 6. The second kappa shape index (κ2) is 11.8. The highest BCUT2D eigenvalue weighted by molar-refractivity contribution is 6.00. The lowest BCUT2D eigenvalue weighted by molar-refractivity contribution is -0.138. The van der Waals surface area contributed by atoms with E-state index in [0.29, 0.717) is 5.56 Å². The van der Waals surface area contributed by atoms with E-state index in [-0.39, 0.29) is 37.3 Å². The highest BCUT2D eigenvalue weighted by Crippen LogP contribution is 2.05. The zero-order valence-corrected chi connectivity index (χ0v) is 15.9. The van der Waals surface area contributed by atoms with E-state index in [1.807, 2.05) is 0 Å². The third kappa shape index (κ3) is 8.82. The Balaban J connectivity index is 2.81. The summed E-state index contributed by atoms with van der Waals surface area (Å²) in [4.78, 5) is 57.8. The molecule has 0 saturated heterocycles. The number of hydrogen-bond donors (Lipinski definition) is 7. The second-order valence-corrected chi connectivity index (χ2v) is 6.15. The fourth-order valence-corrected chi connectivity index (χ4v) is 2.23. The molecule has 0 aliphatic carbocycles. The summed E-state index contributed by atoms with van der Waals surface area (Å²) in [6, 6.07) is 4.34. The quantitative estimate of drug-likeness (QED) is 0.158. The van der Waals surface area contributed by atoms with E-state index in [1.54, 1.807) is 0 Å². The minimum atomic E-state index is -1.32. The monoisotopic (exact) mass is 421 g/mol. The predicted molar refractivity (Wildman–Crippen MR) is 104 cm³/mol. The number of nitrogens with two attached hydrogens (primary N) is 1. The van der Waals surface area contributed by atoms with Crippen molar-refractivity contribution < 1.29 is 34.2 Å². The number of nitrogens with one attached hydrogen (secondary N) is 4. The number of carbonyl (C=O) groups is 5. The Hall–Kier alpha value is -3.96.